The molecule has 0 spiro atoms. The van der Waals surface area contributed by atoms with E-state index >= 15 is 0 Å². The molecule has 1 aromatic heterocycles. The number of rotatable bonds is 7. The Kier molecular flexibility index (Phi) is 6.63. The van der Waals surface area contributed by atoms with E-state index < -0.39 is 0 Å². The van der Waals surface area contributed by atoms with Gasteiger partial charge in [-0.2, -0.15) is 4.98 Å². The molecular weight excluding hydrogens is 349 g/mol. The molecule has 1 aromatic carbocycles. The maximum Gasteiger partial charge on any atom is 0.226 e. The lowest BCUT2D eigenvalue weighted by Crippen LogP contribution is -2.29. The highest BCUT2D eigenvalue weighted by atomic mass is 35.5. The molecule has 1 amide bonds. The first kappa shape index (κ1) is 18.7. The van der Waals surface area contributed by atoms with Crippen LogP contribution in [0.15, 0.2) is 22.7 Å². The van der Waals surface area contributed by atoms with Gasteiger partial charge < -0.3 is 9.42 Å². The zero-order valence-electron chi connectivity index (χ0n) is 14.1. The van der Waals surface area contributed by atoms with E-state index in [1.807, 2.05) is 19.9 Å². The van der Waals surface area contributed by atoms with Gasteiger partial charge in [0.25, 0.3) is 0 Å². The average Bonchev–Trinajstić information content (AvgIpc) is 3.01. The Hall–Kier alpha value is -1.59. The number of aromatic nitrogens is 2. The Balaban J connectivity index is 1.88. The third-order valence-corrected chi connectivity index (χ3v) is 4.56. The van der Waals surface area contributed by atoms with Crippen LogP contribution in [0.25, 0.3) is 0 Å². The van der Waals surface area contributed by atoms with E-state index in [-0.39, 0.29) is 11.9 Å². The number of nitrogens with zero attached hydrogens (tertiary/aromatic N) is 3. The quantitative estimate of drug-likeness (QED) is 0.721. The minimum absolute atomic E-state index is 0.0451. The molecule has 1 heterocycles. The molecule has 1 unspecified atom stereocenters. The van der Waals surface area contributed by atoms with Gasteiger partial charge in [0.15, 0.2) is 5.82 Å². The van der Waals surface area contributed by atoms with E-state index in [0.717, 1.165) is 12.0 Å². The molecule has 0 aliphatic carbocycles. The first-order valence-corrected chi connectivity index (χ1v) is 8.70. The number of benzene rings is 1. The smallest absolute Gasteiger partial charge is 0.226 e. The maximum absolute atomic E-state index is 12.4. The number of amides is 1. The fourth-order valence-corrected chi connectivity index (χ4v) is 2.93. The molecule has 2 rings (SSSR count). The van der Waals surface area contributed by atoms with E-state index in [2.05, 4.69) is 10.1 Å². The second-order valence-electron chi connectivity index (χ2n) is 5.66. The van der Waals surface area contributed by atoms with Crippen LogP contribution in [0, 0.1) is 0 Å². The fraction of sp³-hybridized carbons (Fsp3) is 0.471. The molecular formula is C17H21Cl2N3O2. The van der Waals surface area contributed by atoms with Gasteiger partial charge in [-0.3, -0.25) is 4.79 Å². The number of hydrogen-bond acceptors (Lipinski definition) is 4. The van der Waals surface area contributed by atoms with Gasteiger partial charge in [-0.25, -0.2) is 0 Å². The van der Waals surface area contributed by atoms with Gasteiger partial charge in [-0.05, 0) is 31.0 Å². The molecule has 0 aliphatic rings. The third kappa shape index (κ3) is 4.71. The number of hydrogen-bond donors (Lipinski definition) is 0. The summed E-state index contributed by atoms with van der Waals surface area (Å²) in [5.41, 5.74) is 0.876. The van der Waals surface area contributed by atoms with Gasteiger partial charge in [0.05, 0.1) is 6.04 Å². The number of carbonyl (C=O) groups excluding carboxylic acids is 1. The molecule has 130 valence electrons. The number of aryl methyl sites for hydroxylation is 2. The predicted molar refractivity (Wildman–Crippen MR) is 94.3 cm³/mol. The second kappa shape index (κ2) is 8.49. The minimum Gasteiger partial charge on any atom is -0.339 e. The van der Waals surface area contributed by atoms with Crippen molar-refractivity contribution in [2.45, 2.75) is 45.6 Å². The summed E-state index contributed by atoms with van der Waals surface area (Å²) < 4.78 is 5.13. The van der Waals surface area contributed by atoms with Gasteiger partial charge in [-0.15, -0.1) is 0 Å². The molecule has 0 saturated carbocycles. The molecule has 0 N–H and O–H groups in total. The molecule has 24 heavy (non-hydrogen) atoms. The van der Waals surface area contributed by atoms with Crippen molar-refractivity contribution in [3.05, 3.63) is 45.5 Å². The average molecular weight is 370 g/mol. The number of halogens is 2. The molecule has 2 aromatic rings. The summed E-state index contributed by atoms with van der Waals surface area (Å²) in [5.74, 6) is 1.32. The Morgan fingerprint density at radius 2 is 2.12 bits per heavy atom. The van der Waals surface area contributed by atoms with Crippen LogP contribution in [0.2, 0.25) is 10.0 Å². The summed E-state index contributed by atoms with van der Waals surface area (Å²) in [6, 6.07) is 5.19. The summed E-state index contributed by atoms with van der Waals surface area (Å²) in [5, 5.41) is 4.99. The van der Waals surface area contributed by atoms with Gasteiger partial charge in [0.2, 0.25) is 11.8 Å². The third-order valence-electron chi connectivity index (χ3n) is 3.99. The van der Waals surface area contributed by atoms with Crippen LogP contribution in [0.3, 0.4) is 0 Å². The fourth-order valence-electron chi connectivity index (χ4n) is 2.37. The van der Waals surface area contributed by atoms with E-state index in [1.54, 1.807) is 24.1 Å². The summed E-state index contributed by atoms with van der Waals surface area (Å²) >= 11 is 12.1. The predicted octanol–water partition coefficient (Wildman–Crippen LogP) is 4.48. The monoisotopic (exact) mass is 369 g/mol. The molecule has 1 atom stereocenters. The Morgan fingerprint density at radius 1 is 1.38 bits per heavy atom. The standard InChI is InChI=1S/C17H21Cl2N3O2/c1-4-15-20-16(24-21-15)6-5-7-17(23)22(3)11(2)13-9-8-12(18)10-14(13)19/h8-11H,4-7H2,1-3H3. The van der Waals surface area contributed by atoms with Crippen molar-refractivity contribution in [3.8, 4) is 0 Å². The van der Waals surface area contributed by atoms with Crippen molar-refractivity contribution in [1.82, 2.24) is 15.0 Å². The summed E-state index contributed by atoms with van der Waals surface area (Å²) in [6.07, 6.45) is 2.42. The Labute approximate surface area is 151 Å². The van der Waals surface area contributed by atoms with Gasteiger partial charge in [-0.1, -0.05) is 41.3 Å². The molecule has 0 fully saturated rings. The van der Waals surface area contributed by atoms with E-state index in [0.29, 0.717) is 41.0 Å². The van der Waals surface area contributed by atoms with Gasteiger partial charge in [0.1, 0.15) is 0 Å². The summed E-state index contributed by atoms with van der Waals surface area (Å²) in [7, 11) is 1.78. The molecule has 0 bridgehead atoms. The van der Waals surface area contributed by atoms with Crippen molar-refractivity contribution in [2.24, 2.45) is 0 Å². The molecule has 0 radical (unpaired) electrons. The maximum atomic E-state index is 12.4. The normalized spacial score (nSPS) is 12.2. The van der Waals surface area contributed by atoms with E-state index in [1.165, 1.54) is 0 Å². The summed E-state index contributed by atoms with van der Waals surface area (Å²) in [4.78, 5) is 18.3. The van der Waals surface area contributed by atoms with Crippen molar-refractivity contribution >= 4 is 29.1 Å². The Bertz CT molecular complexity index is 703. The second-order valence-corrected chi connectivity index (χ2v) is 6.50. The van der Waals surface area contributed by atoms with Gasteiger partial charge >= 0.3 is 0 Å². The lowest BCUT2D eigenvalue weighted by molar-refractivity contribution is -0.131. The largest absolute Gasteiger partial charge is 0.339 e. The number of carbonyl (C=O) groups is 1. The minimum atomic E-state index is -0.127. The van der Waals surface area contributed by atoms with Crippen LogP contribution < -0.4 is 0 Å². The van der Waals surface area contributed by atoms with Crippen molar-refractivity contribution in [1.29, 1.82) is 0 Å². The molecule has 7 heteroatoms. The topological polar surface area (TPSA) is 59.2 Å². The van der Waals surface area contributed by atoms with Crippen LogP contribution in [0.1, 0.15) is 50.0 Å². The van der Waals surface area contributed by atoms with E-state index in [9.17, 15) is 4.79 Å². The SMILES string of the molecule is CCc1noc(CCCC(=O)N(C)C(C)c2ccc(Cl)cc2Cl)n1. The lowest BCUT2D eigenvalue weighted by atomic mass is 10.1. The highest BCUT2D eigenvalue weighted by Gasteiger charge is 2.19. The zero-order valence-corrected chi connectivity index (χ0v) is 15.6. The molecule has 0 aliphatic heterocycles. The highest BCUT2D eigenvalue weighted by Crippen LogP contribution is 2.29. The first-order valence-electron chi connectivity index (χ1n) is 7.94. The van der Waals surface area contributed by atoms with Crippen LogP contribution in [0.5, 0.6) is 0 Å². The van der Waals surface area contributed by atoms with Crippen molar-refractivity contribution in [3.63, 3.8) is 0 Å². The van der Waals surface area contributed by atoms with E-state index in [4.69, 9.17) is 27.7 Å². The molecule has 5 nitrogen and oxygen atoms in total. The first-order chi connectivity index (χ1) is 11.4. The van der Waals surface area contributed by atoms with Gasteiger partial charge in [0, 0.05) is 36.4 Å². The van der Waals surface area contributed by atoms with Crippen LogP contribution in [0.4, 0.5) is 0 Å². The highest BCUT2D eigenvalue weighted by molar-refractivity contribution is 6.35. The Morgan fingerprint density at radius 3 is 2.75 bits per heavy atom. The summed E-state index contributed by atoms with van der Waals surface area (Å²) in [6.45, 7) is 3.91. The molecule has 0 saturated heterocycles. The zero-order chi connectivity index (χ0) is 17.7. The lowest BCUT2D eigenvalue weighted by Gasteiger charge is -2.26. The van der Waals surface area contributed by atoms with Crippen molar-refractivity contribution < 1.29 is 9.32 Å². The van der Waals surface area contributed by atoms with Crippen LogP contribution in [-0.4, -0.2) is 28.0 Å². The van der Waals surface area contributed by atoms with Crippen molar-refractivity contribution in [2.75, 3.05) is 7.05 Å². The van der Waals surface area contributed by atoms with Crippen LogP contribution in [-0.2, 0) is 17.6 Å². The van der Waals surface area contributed by atoms with Crippen LogP contribution >= 0.6 is 23.2 Å².